The predicted molar refractivity (Wildman–Crippen MR) is 79.5 cm³/mol. The van der Waals surface area contributed by atoms with Crippen LogP contribution >= 0.6 is 0 Å². The third-order valence-electron chi connectivity index (χ3n) is 3.69. The van der Waals surface area contributed by atoms with Crippen molar-refractivity contribution in [1.82, 2.24) is 10.2 Å². The first-order valence-corrected chi connectivity index (χ1v) is 7.42. The van der Waals surface area contributed by atoms with Crippen LogP contribution in [0.25, 0.3) is 0 Å². The first-order chi connectivity index (χ1) is 9.33. The second-order valence-corrected chi connectivity index (χ2v) is 5.31. The maximum absolute atomic E-state index is 5.45. The van der Waals surface area contributed by atoms with E-state index >= 15 is 0 Å². The Hall–Kier alpha value is -1.06. The third-order valence-corrected chi connectivity index (χ3v) is 3.69. The second kappa shape index (κ2) is 7.51. The van der Waals surface area contributed by atoms with Crippen molar-refractivity contribution in [3.8, 4) is 5.75 Å². The molecule has 2 rings (SSSR count). The monoisotopic (exact) mass is 262 g/mol. The maximum atomic E-state index is 5.45. The summed E-state index contributed by atoms with van der Waals surface area (Å²) in [4.78, 5) is 2.53. The molecule has 1 heterocycles. The topological polar surface area (TPSA) is 24.5 Å². The van der Waals surface area contributed by atoms with Gasteiger partial charge in [0.05, 0.1) is 7.11 Å². The van der Waals surface area contributed by atoms with E-state index in [1.54, 1.807) is 7.11 Å². The Balaban J connectivity index is 2.01. The van der Waals surface area contributed by atoms with E-state index in [-0.39, 0.29) is 0 Å². The molecular formula is C16H26N2O. The lowest BCUT2D eigenvalue weighted by molar-refractivity contribution is 0.331. The summed E-state index contributed by atoms with van der Waals surface area (Å²) in [6, 6.07) is 6.59. The van der Waals surface area contributed by atoms with Crippen molar-refractivity contribution in [2.24, 2.45) is 0 Å². The average Bonchev–Trinajstić information content (AvgIpc) is 2.92. The van der Waals surface area contributed by atoms with Gasteiger partial charge in [-0.05, 0) is 56.6 Å². The molecule has 1 N–H and O–H groups in total. The van der Waals surface area contributed by atoms with Crippen LogP contribution in [-0.4, -0.2) is 31.6 Å². The molecule has 1 aliphatic rings. The lowest BCUT2D eigenvalue weighted by Gasteiger charge is -2.16. The van der Waals surface area contributed by atoms with E-state index in [0.717, 1.165) is 31.8 Å². The van der Waals surface area contributed by atoms with Crippen LogP contribution in [0.1, 0.15) is 37.3 Å². The minimum atomic E-state index is 0.894. The molecule has 0 aromatic heterocycles. The second-order valence-electron chi connectivity index (χ2n) is 5.31. The highest BCUT2D eigenvalue weighted by atomic mass is 16.5. The Bertz CT molecular complexity index is 386. The van der Waals surface area contributed by atoms with E-state index < -0.39 is 0 Å². The number of likely N-dealkylation sites (tertiary alicyclic amines) is 1. The molecule has 0 atom stereocenters. The Kier molecular flexibility index (Phi) is 5.67. The van der Waals surface area contributed by atoms with Crippen LogP contribution in [0.5, 0.6) is 5.75 Å². The molecule has 1 aromatic rings. The van der Waals surface area contributed by atoms with Crippen LogP contribution in [-0.2, 0) is 13.1 Å². The molecule has 0 saturated carbocycles. The first kappa shape index (κ1) is 14.4. The Labute approximate surface area is 116 Å². The molecule has 3 nitrogen and oxygen atoms in total. The molecule has 0 amide bonds. The zero-order valence-electron chi connectivity index (χ0n) is 12.2. The van der Waals surface area contributed by atoms with Gasteiger partial charge in [0.15, 0.2) is 0 Å². The zero-order valence-corrected chi connectivity index (χ0v) is 12.2. The smallest absolute Gasteiger partial charge is 0.123 e. The number of methoxy groups -OCH3 is 1. The van der Waals surface area contributed by atoms with Crippen LogP contribution in [0, 0.1) is 0 Å². The summed E-state index contributed by atoms with van der Waals surface area (Å²) in [5.74, 6) is 0.994. The molecular weight excluding hydrogens is 236 g/mol. The van der Waals surface area contributed by atoms with Crippen molar-refractivity contribution < 1.29 is 4.74 Å². The SMILES string of the molecule is CCCNCc1cc(CN2CCCC2)ccc1OC. The van der Waals surface area contributed by atoms with E-state index in [1.807, 2.05) is 0 Å². The minimum absolute atomic E-state index is 0.894. The van der Waals surface area contributed by atoms with Crippen molar-refractivity contribution in [2.45, 2.75) is 39.3 Å². The number of ether oxygens (including phenoxy) is 1. The summed E-state index contributed by atoms with van der Waals surface area (Å²) in [6.07, 6.45) is 3.86. The highest BCUT2D eigenvalue weighted by Gasteiger charge is 2.12. The number of nitrogens with one attached hydrogen (secondary N) is 1. The van der Waals surface area contributed by atoms with Crippen LogP contribution < -0.4 is 10.1 Å². The Morgan fingerprint density at radius 2 is 2.05 bits per heavy atom. The van der Waals surface area contributed by atoms with Gasteiger partial charge in [-0.1, -0.05) is 13.0 Å². The number of nitrogens with zero attached hydrogens (tertiary/aromatic N) is 1. The highest BCUT2D eigenvalue weighted by molar-refractivity contribution is 5.37. The molecule has 3 heteroatoms. The van der Waals surface area contributed by atoms with E-state index in [0.29, 0.717) is 0 Å². The molecule has 1 saturated heterocycles. The molecule has 0 unspecified atom stereocenters. The number of hydrogen-bond donors (Lipinski definition) is 1. The van der Waals surface area contributed by atoms with Crippen molar-refractivity contribution in [2.75, 3.05) is 26.7 Å². The largest absolute Gasteiger partial charge is 0.496 e. The van der Waals surface area contributed by atoms with Crippen molar-refractivity contribution in [1.29, 1.82) is 0 Å². The van der Waals surface area contributed by atoms with Gasteiger partial charge in [-0.25, -0.2) is 0 Å². The van der Waals surface area contributed by atoms with Gasteiger partial charge >= 0.3 is 0 Å². The molecule has 19 heavy (non-hydrogen) atoms. The quantitative estimate of drug-likeness (QED) is 0.765. The molecule has 0 spiro atoms. The number of hydrogen-bond acceptors (Lipinski definition) is 3. The van der Waals surface area contributed by atoms with Crippen LogP contribution in [0.2, 0.25) is 0 Å². The molecule has 0 bridgehead atoms. The standard InChI is InChI=1S/C16H26N2O/c1-3-8-17-12-15-11-14(6-7-16(15)19-2)13-18-9-4-5-10-18/h6-7,11,17H,3-5,8-10,12-13H2,1-2H3. The van der Waals surface area contributed by atoms with Gasteiger partial charge in [0.25, 0.3) is 0 Å². The summed E-state index contributed by atoms with van der Waals surface area (Å²) < 4.78 is 5.45. The van der Waals surface area contributed by atoms with Gasteiger partial charge in [0.2, 0.25) is 0 Å². The number of rotatable bonds is 7. The molecule has 1 fully saturated rings. The van der Waals surface area contributed by atoms with Gasteiger partial charge < -0.3 is 10.1 Å². The van der Waals surface area contributed by atoms with Crippen molar-refractivity contribution in [3.05, 3.63) is 29.3 Å². The Morgan fingerprint density at radius 1 is 1.26 bits per heavy atom. The van der Waals surface area contributed by atoms with Gasteiger partial charge in [-0.2, -0.15) is 0 Å². The van der Waals surface area contributed by atoms with Gasteiger partial charge in [-0.15, -0.1) is 0 Å². The summed E-state index contributed by atoms with van der Waals surface area (Å²) in [6.45, 7) is 7.70. The maximum Gasteiger partial charge on any atom is 0.123 e. The van der Waals surface area contributed by atoms with Crippen LogP contribution in [0.3, 0.4) is 0 Å². The van der Waals surface area contributed by atoms with Crippen molar-refractivity contribution in [3.63, 3.8) is 0 Å². The van der Waals surface area contributed by atoms with Gasteiger partial charge in [0, 0.05) is 18.7 Å². The average molecular weight is 262 g/mol. The van der Waals surface area contributed by atoms with E-state index in [4.69, 9.17) is 4.74 Å². The summed E-state index contributed by atoms with van der Waals surface area (Å²) in [7, 11) is 1.75. The lowest BCUT2D eigenvalue weighted by atomic mass is 10.1. The summed E-state index contributed by atoms with van der Waals surface area (Å²) >= 11 is 0. The van der Waals surface area contributed by atoms with E-state index in [9.17, 15) is 0 Å². The van der Waals surface area contributed by atoms with Crippen LogP contribution in [0.15, 0.2) is 18.2 Å². The summed E-state index contributed by atoms with van der Waals surface area (Å²) in [5, 5.41) is 3.45. The molecule has 1 aromatic carbocycles. The normalized spacial score (nSPS) is 15.9. The molecule has 1 aliphatic heterocycles. The van der Waals surface area contributed by atoms with Crippen LogP contribution in [0.4, 0.5) is 0 Å². The van der Waals surface area contributed by atoms with E-state index in [1.165, 1.54) is 37.1 Å². The van der Waals surface area contributed by atoms with Gasteiger partial charge in [-0.3, -0.25) is 4.90 Å². The fraction of sp³-hybridized carbons (Fsp3) is 0.625. The lowest BCUT2D eigenvalue weighted by Crippen LogP contribution is -2.19. The predicted octanol–water partition coefficient (Wildman–Crippen LogP) is 2.79. The molecule has 106 valence electrons. The first-order valence-electron chi connectivity index (χ1n) is 7.42. The number of benzene rings is 1. The summed E-state index contributed by atoms with van der Waals surface area (Å²) in [5.41, 5.74) is 2.67. The molecule has 0 radical (unpaired) electrons. The zero-order chi connectivity index (χ0) is 13.5. The Morgan fingerprint density at radius 3 is 2.74 bits per heavy atom. The molecule has 0 aliphatic carbocycles. The highest BCUT2D eigenvalue weighted by Crippen LogP contribution is 2.21. The van der Waals surface area contributed by atoms with E-state index in [2.05, 4.69) is 35.3 Å². The fourth-order valence-corrected chi connectivity index (χ4v) is 2.67. The third kappa shape index (κ3) is 4.22. The van der Waals surface area contributed by atoms with Crippen molar-refractivity contribution >= 4 is 0 Å². The van der Waals surface area contributed by atoms with Gasteiger partial charge in [0.1, 0.15) is 5.75 Å². The fourth-order valence-electron chi connectivity index (χ4n) is 2.67. The minimum Gasteiger partial charge on any atom is -0.496 e.